The molecule has 1 aliphatic heterocycles. The molecule has 1 N–H and O–H groups in total. The van der Waals surface area contributed by atoms with Gasteiger partial charge in [0.1, 0.15) is 0 Å². The first-order chi connectivity index (χ1) is 8.74. The smallest absolute Gasteiger partial charge is 0.0835 e. The first-order valence-electron chi connectivity index (χ1n) is 6.71. The molecule has 1 aromatic heterocycles. The van der Waals surface area contributed by atoms with Crippen LogP contribution in [-0.4, -0.2) is 25.9 Å². The summed E-state index contributed by atoms with van der Waals surface area (Å²) in [6, 6.07) is 4.37. The lowest BCUT2D eigenvalue weighted by molar-refractivity contribution is 0.0331. The van der Waals surface area contributed by atoms with Gasteiger partial charge in [-0.15, -0.1) is 11.3 Å². The van der Waals surface area contributed by atoms with Crippen LogP contribution in [0.4, 0.5) is 0 Å². The first-order valence-corrected chi connectivity index (χ1v) is 7.53. The summed E-state index contributed by atoms with van der Waals surface area (Å²) in [4.78, 5) is 2.69. The average molecular weight is 269 g/mol. The van der Waals surface area contributed by atoms with Crippen LogP contribution in [-0.2, 0) is 22.6 Å². The highest BCUT2D eigenvalue weighted by molar-refractivity contribution is 7.11. The third kappa shape index (κ3) is 4.69. The van der Waals surface area contributed by atoms with Crippen LogP contribution in [0.3, 0.4) is 0 Å². The van der Waals surface area contributed by atoms with Crippen molar-refractivity contribution < 1.29 is 9.47 Å². The summed E-state index contributed by atoms with van der Waals surface area (Å²) >= 11 is 1.84. The molecule has 1 atom stereocenters. The number of ether oxygens (including phenoxy) is 2. The lowest BCUT2D eigenvalue weighted by Crippen LogP contribution is -2.18. The standard InChI is InChI=1S/C14H23NO2S/c1-11(2)7-15-8-13-3-4-14(18-13)10-17-12-5-6-16-9-12/h3-4,11-12,15H,5-10H2,1-2H3. The molecule has 3 nitrogen and oxygen atoms in total. The monoisotopic (exact) mass is 269 g/mol. The van der Waals surface area contributed by atoms with Crippen LogP contribution >= 0.6 is 11.3 Å². The maximum absolute atomic E-state index is 5.81. The fourth-order valence-corrected chi connectivity index (χ4v) is 2.83. The van der Waals surface area contributed by atoms with Gasteiger partial charge < -0.3 is 14.8 Å². The topological polar surface area (TPSA) is 30.5 Å². The van der Waals surface area contributed by atoms with Gasteiger partial charge in [0.15, 0.2) is 0 Å². The molecule has 0 bridgehead atoms. The molecular weight excluding hydrogens is 246 g/mol. The maximum atomic E-state index is 5.81. The highest BCUT2D eigenvalue weighted by Crippen LogP contribution is 2.19. The van der Waals surface area contributed by atoms with Crippen LogP contribution in [0.25, 0.3) is 0 Å². The van der Waals surface area contributed by atoms with E-state index in [4.69, 9.17) is 9.47 Å². The van der Waals surface area contributed by atoms with Crippen molar-refractivity contribution in [3.8, 4) is 0 Å². The fraction of sp³-hybridized carbons (Fsp3) is 0.714. The number of hydrogen-bond acceptors (Lipinski definition) is 4. The van der Waals surface area contributed by atoms with Crippen LogP contribution in [0.15, 0.2) is 12.1 Å². The largest absolute Gasteiger partial charge is 0.379 e. The SMILES string of the molecule is CC(C)CNCc1ccc(COC2CCOC2)s1. The first kappa shape index (κ1) is 14.0. The minimum absolute atomic E-state index is 0.301. The Kier molecular flexibility index (Phi) is 5.63. The van der Waals surface area contributed by atoms with Gasteiger partial charge in [-0.3, -0.25) is 0 Å². The summed E-state index contributed by atoms with van der Waals surface area (Å²) in [6.45, 7) is 8.82. The van der Waals surface area contributed by atoms with Crippen molar-refractivity contribution in [2.45, 2.75) is 39.5 Å². The summed E-state index contributed by atoms with van der Waals surface area (Å²) < 4.78 is 11.1. The molecular formula is C14H23NO2S. The van der Waals surface area contributed by atoms with E-state index in [1.54, 1.807) is 0 Å². The van der Waals surface area contributed by atoms with Crippen LogP contribution < -0.4 is 5.32 Å². The Morgan fingerprint density at radius 2 is 2.28 bits per heavy atom. The zero-order valence-electron chi connectivity index (χ0n) is 11.3. The number of rotatable bonds is 7. The van der Waals surface area contributed by atoms with Crippen molar-refractivity contribution in [1.82, 2.24) is 5.32 Å². The van der Waals surface area contributed by atoms with Crippen molar-refractivity contribution in [1.29, 1.82) is 0 Å². The third-order valence-corrected chi connectivity index (χ3v) is 3.98. The lowest BCUT2D eigenvalue weighted by Gasteiger charge is -2.08. The van der Waals surface area contributed by atoms with Crippen molar-refractivity contribution in [3.05, 3.63) is 21.9 Å². The Morgan fingerprint density at radius 1 is 1.44 bits per heavy atom. The van der Waals surface area contributed by atoms with Crippen LogP contribution in [0.1, 0.15) is 30.0 Å². The molecule has 0 radical (unpaired) electrons. The lowest BCUT2D eigenvalue weighted by atomic mass is 10.2. The molecule has 0 amide bonds. The van der Waals surface area contributed by atoms with Crippen LogP contribution in [0.2, 0.25) is 0 Å². The molecule has 0 aromatic carbocycles. The second-order valence-corrected chi connectivity index (χ2v) is 6.44. The molecule has 1 aromatic rings. The van der Waals surface area contributed by atoms with E-state index in [1.807, 2.05) is 11.3 Å². The quantitative estimate of drug-likeness (QED) is 0.825. The second-order valence-electron chi connectivity index (χ2n) is 5.19. The summed E-state index contributed by atoms with van der Waals surface area (Å²) in [5.41, 5.74) is 0. The molecule has 1 fully saturated rings. The van der Waals surface area contributed by atoms with E-state index < -0.39 is 0 Å². The number of hydrogen-bond donors (Lipinski definition) is 1. The van der Waals surface area contributed by atoms with Gasteiger partial charge in [-0.05, 0) is 31.0 Å². The van der Waals surface area contributed by atoms with E-state index in [-0.39, 0.29) is 0 Å². The fourth-order valence-electron chi connectivity index (χ4n) is 1.92. The van der Waals surface area contributed by atoms with Crippen molar-refractivity contribution >= 4 is 11.3 Å². The van der Waals surface area contributed by atoms with Crippen LogP contribution in [0, 0.1) is 5.92 Å². The Balaban J connectivity index is 1.68. The van der Waals surface area contributed by atoms with Gasteiger partial charge in [-0.25, -0.2) is 0 Å². The van der Waals surface area contributed by atoms with Gasteiger partial charge in [0.25, 0.3) is 0 Å². The minimum Gasteiger partial charge on any atom is -0.379 e. The van der Waals surface area contributed by atoms with E-state index >= 15 is 0 Å². The van der Waals surface area contributed by atoms with E-state index in [1.165, 1.54) is 9.75 Å². The maximum Gasteiger partial charge on any atom is 0.0835 e. The summed E-state index contributed by atoms with van der Waals surface area (Å²) in [5.74, 6) is 0.704. The normalized spacial score (nSPS) is 19.8. The van der Waals surface area contributed by atoms with Gasteiger partial charge in [0.2, 0.25) is 0 Å². The molecule has 1 saturated heterocycles. The molecule has 4 heteroatoms. The van der Waals surface area contributed by atoms with E-state index in [9.17, 15) is 0 Å². The number of thiophene rings is 1. The number of nitrogens with one attached hydrogen (secondary N) is 1. The molecule has 18 heavy (non-hydrogen) atoms. The molecule has 102 valence electrons. The second kappa shape index (κ2) is 7.24. The third-order valence-electron chi connectivity index (χ3n) is 2.92. The van der Waals surface area contributed by atoms with Crippen molar-refractivity contribution in [2.75, 3.05) is 19.8 Å². The molecule has 2 rings (SSSR count). The molecule has 2 heterocycles. The Morgan fingerprint density at radius 3 is 3.00 bits per heavy atom. The molecule has 1 unspecified atom stereocenters. The predicted octanol–water partition coefficient (Wildman–Crippen LogP) is 2.80. The Labute approximate surface area is 113 Å². The zero-order chi connectivity index (χ0) is 12.8. The van der Waals surface area contributed by atoms with E-state index in [2.05, 4.69) is 31.3 Å². The van der Waals surface area contributed by atoms with Crippen molar-refractivity contribution in [2.24, 2.45) is 5.92 Å². The van der Waals surface area contributed by atoms with Crippen LogP contribution in [0.5, 0.6) is 0 Å². The molecule has 0 aliphatic carbocycles. The Bertz CT molecular complexity index is 345. The highest BCUT2D eigenvalue weighted by Gasteiger charge is 2.16. The molecule has 0 saturated carbocycles. The average Bonchev–Trinajstić information content (AvgIpc) is 2.96. The molecule has 1 aliphatic rings. The molecule has 0 spiro atoms. The van der Waals surface area contributed by atoms with Gasteiger partial charge in [-0.2, -0.15) is 0 Å². The zero-order valence-corrected chi connectivity index (χ0v) is 12.1. The summed E-state index contributed by atoms with van der Waals surface area (Å²) in [7, 11) is 0. The van der Waals surface area contributed by atoms with Gasteiger partial charge in [0, 0.05) is 22.9 Å². The van der Waals surface area contributed by atoms with Gasteiger partial charge in [0.05, 0.1) is 19.3 Å². The van der Waals surface area contributed by atoms with Crippen molar-refractivity contribution in [3.63, 3.8) is 0 Å². The van der Waals surface area contributed by atoms with Gasteiger partial charge in [-0.1, -0.05) is 13.8 Å². The van der Waals surface area contributed by atoms with E-state index in [0.717, 1.165) is 39.3 Å². The minimum atomic E-state index is 0.301. The Hall–Kier alpha value is -0.420. The van der Waals surface area contributed by atoms with Gasteiger partial charge >= 0.3 is 0 Å². The van der Waals surface area contributed by atoms with E-state index in [0.29, 0.717) is 12.0 Å². The highest BCUT2D eigenvalue weighted by atomic mass is 32.1. The summed E-state index contributed by atoms with van der Waals surface area (Å²) in [6.07, 6.45) is 1.34. The predicted molar refractivity (Wildman–Crippen MR) is 74.9 cm³/mol. The summed E-state index contributed by atoms with van der Waals surface area (Å²) in [5, 5.41) is 3.46.